The number of aliphatic hydroxyl groups excluding tert-OH is 2. The summed E-state index contributed by atoms with van der Waals surface area (Å²) in [5.41, 5.74) is 0. The number of amides is 1. The van der Waals surface area contributed by atoms with E-state index in [0.717, 1.165) is 37.6 Å². The van der Waals surface area contributed by atoms with Crippen molar-refractivity contribution in [2.45, 2.75) is 128 Å². The van der Waals surface area contributed by atoms with Crippen molar-refractivity contribution in [3.05, 3.63) is 0 Å². The first kappa shape index (κ1) is 28.3. The maximum absolute atomic E-state index is 13.3. The Bertz CT molecular complexity index is 656. The van der Waals surface area contributed by atoms with Crippen molar-refractivity contribution in [2.75, 3.05) is 26.2 Å². The third-order valence-corrected chi connectivity index (χ3v) is 9.70. The van der Waals surface area contributed by atoms with Crippen LogP contribution < -0.4 is 10.6 Å². The fourth-order valence-electron chi connectivity index (χ4n) is 7.62. The number of hydroxylamine groups is 2. The minimum absolute atomic E-state index is 0.0688. The Morgan fingerprint density at radius 3 is 2.56 bits per heavy atom. The largest absolute Gasteiger partial charge is 0.396 e. The van der Waals surface area contributed by atoms with Gasteiger partial charge in [-0.05, 0) is 56.9 Å². The van der Waals surface area contributed by atoms with Crippen LogP contribution >= 0.6 is 0 Å². The van der Waals surface area contributed by atoms with E-state index < -0.39 is 24.2 Å². The van der Waals surface area contributed by atoms with Gasteiger partial charge in [0.25, 0.3) is 0 Å². The number of rotatable bonds is 13. The Balaban J connectivity index is 1.21. The Hall–Kier alpha value is -0.730. The lowest BCUT2D eigenvalue weighted by molar-refractivity contribution is -0.187. The molecule has 0 spiro atoms. The summed E-state index contributed by atoms with van der Waals surface area (Å²) in [5.74, 6) is 1.85. The van der Waals surface area contributed by atoms with Gasteiger partial charge in [0, 0.05) is 25.0 Å². The highest BCUT2D eigenvalue weighted by molar-refractivity contribution is 5.82. The van der Waals surface area contributed by atoms with E-state index >= 15 is 0 Å². The SMILES string of the molecule is C[C@@H](O)[C@H]1ON(CCCCCCC2CCCCC2)[C@@H](C(=O)NCCC2CNC3CCCCC23)[C@H]1CO. The van der Waals surface area contributed by atoms with Gasteiger partial charge in [0.05, 0.1) is 12.7 Å². The van der Waals surface area contributed by atoms with Gasteiger partial charge in [-0.2, -0.15) is 5.06 Å². The van der Waals surface area contributed by atoms with Crippen LogP contribution in [-0.4, -0.2) is 71.7 Å². The van der Waals surface area contributed by atoms with Crippen LogP contribution in [0.2, 0.25) is 0 Å². The summed E-state index contributed by atoms with van der Waals surface area (Å²) in [6.07, 6.45) is 18.0. The molecule has 7 atom stereocenters. The molecule has 2 saturated heterocycles. The summed E-state index contributed by atoms with van der Waals surface area (Å²) in [6.45, 7) is 3.91. The highest BCUT2D eigenvalue weighted by Crippen LogP contribution is 2.36. The lowest BCUT2D eigenvalue weighted by Gasteiger charge is -2.29. The van der Waals surface area contributed by atoms with Gasteiger partial charge in [0.1, 0.15) is 12.1 Å². The van der Waals surface area contributed by atoms with Crippen LogP contribution in [0.25, 0.3) is 0 Å². The first-order valence-electron chi connectivity index (χ1n) is 15.3. The summed E-state index contributed by atoms with van der Waals surface area (Å²) in [6, 6.07) is 0.132. The lowest BCUT2D eigenvalue weighted by Crippen LogP contribution is -2.48. The standard InChI is InChI=1S/C29H53N3O4/c1-21(34)28-25(20-33)27(29(35)30-17-16-23-19-31-26-15-9-8-14-24(23)26)32(36-28)18-10-3-2-5-11-22-12-6-4-7-13-22/h21-28,31,33-34H,2-20H2,1H3,(H,30,35)/t21-,23?,24?,25-,26?,27-,28-/m1/s1. The predicted octanol–water partition coefficient (Wildman–Crippen LogP) is 3.78. The van der Waals surface area contributed by atoms with Gasteiger partial charge in [-0.1, -0.05) is 70.6 Å². The number of hydrogen-bond donors (Lipinski definition) is 4. The van der Waals surface area contributed by atoms with E-state index in [0.29, 0.717) is 25.0 Å². The van der Waals surface area contributed by atoms with Crippen molar-refractivity contribution in [1.82, 2.24) is 15.7 Å². The van der Waals surface area contributed by atoms with Crippen molar-refractivity contribution < 1.29 is 19.8 Å². The van der Waals surface area contributed by atoms with Crippen molar-refractivity contribution in [1.29, 1.82) is 0 Å². The predicted molar refractivity (Wildman–Crippen MR) is 142 cm³/mol. The smallest absolute Gasteiger partial charge is 0.240 e. The molecule has 2 aliphatic heterocycles. The number of nitrogens with one attached hydrogen (secondary N) is 2. The molecule has 2 saturated carbocycles. The molecule has 0 aromatic carbocycles. The molecule has 3 unspecified atom stereocenters. The van der Waals surface area contributed by atoms with E-state index in [1.54, 1.807) is 12.0 Å². The minimum atomic E-state index is -0.731. The quantitative estimate of drug-likeness (QED) is 0.284. The molecule has 4 fully saturated rings. The molecule has 2 aliphatic carbocycles. The molecule has 2 heterocycles. The zero-order chi connectivity index (χ0) is 25.3. The van der Waals surface area contributed by atoms with Crippen LogP contribution in [0.5, 0.6) is 0 Å². The van der Waals surface area contributed by atoms with Gasteiger partial charge in [0.2, 0.25) is 5.91 Å². The summed E-state index contributed by atoms with van der Waals surface area (Å²) in [4.78, 5) is 19.4. The van der Waals surface area contributed by atoms with Crippen LogP contribution in [-0.2, 0) is 9.63 Å². The molecule has 0 bridgehead atoms. The molecular formula is C29H53N3O4. The van der Waals surface area contributed by atoms with Crippen LogP contribution in [0.15, 0.2) is 0 Å². The van der Waals surface area contributed by atoms with Crippen molar-refractivity contribution in [2.24, 2.45) is 23.7 Å². The maximum atomic E-state index is 13.3. The molecule has 4 N–H and O–H groups in total. The maximum Gasteiger partial charge on any atom is 0.240 e. The highest BCUT2D eigenvalue weighted by Gasteiger charge is 2.48. The first-order chi connectivity index (χ1) is 17.6. The fourth-order valence-corrected chi connectivity index (χ4v) is 7.62. The van der Waals surface area contributed by atoms with Crippen molar-refractivity contribution >= 4 is 5.91 Å². The lowest BCUT2D eigenvalue weighted by atomic mass is 9.79. The van der Waals surface area contributed by atoms with Gasteiger partial charge in [0.15, 0.2) is 0 Å². The van der Waals surface area contributed by atoms with E-state index in [-0.39, 0.29) is 12.5 Å². The molecule has 36 heavy (non-hydrogen) atoms. The van der Waals surface area contributed by atoms with Gasteiger partial charge < -0.3 is 20.8 Å². The Labute approximate surface area is 219 Å². The first-order valence-corrected chi connectivity index (χ1v) is 15.3. The molecule has 0 aromatic rings. The summed E-state index contributed by atoms with van der Waals surface area (Å²) in [5, 5.41) is 29.0. The normalized spacial score (nSPS) is 34.5. The van der Waals surface area contributed by atoms with E-state index in [1.165, 1.54) is 77.0 Å². The second kappa shape index (κ2) is 14.4. The molecule has 0 radical (unpaired) electrons. The third kappa shape index (κ3) is 7.43. The number of nitrogens with zero attached hydrogens (tertiary/aromatic N) is 1. The fraction of sp³-hybridized carbons (Fsp3) is 0.966. The monoisotopic (exact) mass is 507 g/mol. The summed E-state index contributed by atoms with van der Waals surface area (Å²) < 4.78 is 0. The topological polar surface area (TPSA) is 94.1 Å². The minimum Gasteiger partial charge on any atom is -0.396 e. The van der Waals surface area contributed by atoms with Gasteiger partial charge in [-0.15, -0.1) is 0 Å². The second-order valence-corrected chi connectivity index (χ2v) is 12.3. The molecule has 4 rings (SSSR count). The summed E-state index contributed by atoms with van der Waals surface area (Å²) >= 11 is 0. The van der Waals surface area contributed by atoms with E-state index in [9.17, 15) is 15.0 Å². The Kier molecular flexibility index (Phi) is 11.3. The van der Waals surface area contributed by atoms with Gasteiger partial charge in [-0.3, -0.25) is 9.63 Å². The number of hydrogen-bond acceptors (Lipinski definition) is 6. The highest BCUT2D eigenvalue weighted by atomic mass is 16.7. The van der Waals surface area contributed by atoms with Gasteiger partial charge in [-0.25, -0.2) is 0 Å². The number of fused-ring (bicyclic) bond motifs is 1. The average molecular weight is 508 g/mol. The van der Waals surface area contributed by atoms with Gasteiger partial charge >= 0.3 is 0 Å². The molecule has 4 aliphatic rings. The third-order valence-electron chi connectivity index (χ3n) is 9.70. The Morgan fingerprint density at radius 2 is 1.78 bits per heavy atom. The van der Waals surface area contributed by atoms with Crippen molar-refractivity contribution in [3.63, 3.8) is 0 Å². The number of unbranched alkanes of at least 4 members (excludes halogenated alkanes) is 3. The second-order valence-electron chi connectivity index (χ2n) is 12.3. The van der Waals surface area contributed by atoms with E-state index in [1.807, 2.05) is 0 Å². The van der Waals surface area contributed by atoms with E-state index in [4.69, 9.17) is 4.84 Å². The molecule has 0 aromatic heterocycles. The number of carbonyl (C=O) groups is 1. The van der Waals surface area contributed by atoms with Crippen LogP contribution in [0.1, 0.15) is 103 Å². The van der Waals surface area contributed by atoms with Crippen LogP contribution in [0.4, 0.5) is 0 Å². The van der Waals surface area contributed by atoms with E-state index in [2.05, 4.69) is 10.6 Å². The summed E-state index contributed by atoms with van der Waals surface area (Å²) in [7, 11) is 0. The van der Waals surface area contributed by atoms with Crippen LogP contribution in [0.3, 0.4) is 0 Å². The number of carbonyl (C=O) groups excluding carboxylic acids is 1. The average Bonchev–Trinajstić information content (AvgIpc) is 3.48. The zero-order valence-electron chi connectivity index (χ0n) is 22.7. The zero-order valence-corrected chi connectivity index (χ0v) is 22.7. The molecular weight excluding hydrogens is 454 g/mol. The molecule has 7 nitrogen and oxygen atoms in total. The van der Waals surface area contributed by atoms with Crippen LogP contribution in [0, 0.1) is 23.7 Å². The molecule has 7 heteroatoms. The number of aliphatic hydroxyl groups is 2. The Morgan fingerprint density at radius 1 is 1.03 bits per heavy atom. The molecule has 208 valence electrons. The van der Waals surface area contributed by atoms with Crippen molar-refractivity contribution in [3.8, 4) is 0 Å². The molecule has 1 amide bonds.